The first-order valence-electron chi connectivity index (χ1n) is 11.4. The van der Waals surface area contributed by atoms with Gasteiger partial charge in [-0.05, 0) is 36.4 Å². The standard InChI is InChI=1S/C30H21N3O/c1-34-21-15-16-24-22-11-5-8-14-27(22)33(28(24)17-21)30-18-29-25(19-31-30)23-12-6-7-13-26(23)32(29)20-9-3-2-4-10-20/h2-19H,1H3. The molecule has 4 nitrogen and oxygen atoms in total. The lowest BCUT2D eigenvalue weighted by atomic mass is 10.1. The Morgan fingerprint density at radius 2 is 1.18 bits per heavy atom. The number of rotatable bonds is 3. The first kappa shape index (κ1) is 18.9. The van der Waals surface area contributed by atoms with Gasteiger partial charge in [0, 0.05) is 45.6 Å². The van der Waals surface area contributed by atoms with Crippen molar-refractivity contribution in [3.05, 3.63) is 109 Å². The Hall–Kier alpha value is -4.57. The molecular formula is C30H21N3O. The third-order valence-corrected chi connectivity index (χ3v) is 6.67. The number of benzene rings is 4. The zero-order valence-electron chi connectivity index (χ0n) is 18.6. The number of hydrogen-bond acceptors (Lipinski definition) is 2. The molecular weight excluding hydrogens is 418 g/mol. The largest absolute Gasteiger partial charge is 0.497 e. The molecule has 162 valence electrons. The molecule has 0 aliphatic rings. The van der Waals surface area contributed by atoms with Gasteiger partial charge in [-0.3, -0.25) is 4.57 Å². The lowest BCUT2D eigenvalue weighted by Crippen LogP contribution is -1.99. The molecule has 0 aliphatic heterocycles. The van der Waals surface area contributed by atoms with E-state index in [-0.39, 0.29) is 0 Å². The summed E-state index contributed by atoms with van der Waals surface area (Å²) < 4.78 is 10.1. The van der Waals surface area contributed by atoms with E-state index in [1.165, 1.54) is 21.7 Å². The van der Waals surface area contributed by atoms with E-state index < -0.39 is 0 Å². The van der Waals surface area contributed by atoms with E-state index >= 15 is 0 Å². The van der Waals surface area contributed by atoms with Gasteiger partial charge in [-0.1, -0.05) is 54.6 Å². The van der Waals surface area contributed by atoms with Gasteiger partial charge in [0.25, 0.3) is 0 Å². The van der Waals surface area contributed by atoms with Gasteiger partial charge in [0.2, 0.25) is 0 Å². The van der Waals surface area contributed by atoms with Crippen LogP contribution < -0.4 is 4.74 Å². The fraction of sp³-hybridized carbons (Fsp3) is 0.0333. The molecule has 0 bridgehead atoms. The Morgan fingerprint density at radius 3 is 1.94 bits per heavy atom. The Balaban J connectivity index is 1.60. The summed E-state index contributed by atoms with van der Waals surface area (Å²) in [4.78, 5) is 4.97. The number of ether oxygens (including phenoxy) is 1. The zero-order chi connectivity index (χ0) is 22.6. The minimum absolute atomic E-state index is 0.830. The zero-order valence-corrected chi connectivity index (χ0v) is 18.6. The minimum atomic E-state index is 0.830. The van der Waals surface area contributed by atoms with Gasteiger partial charge in [0.05, 0.1) is 29.2 Å². The van der Waals surface area contributed by atoms with Crippen LogP contribution in [-0.4, -0.2) is 21.2 Å². The number of methoxy groups -OCH3 is 1. The van der Waals surface area contributed by atoms with Gasteiger partial charge in [-0.2, -0.15) is 0 Å². The highest BCUT2D eigenvalue weighted by molar-refractivity contribution is 6.11. The van der Waals surface area contributed by atoms with Crippen molar-refractivity contribution in [2.75, 3.05) is 7.11 Å². The number of pyridine rings is 1. The Kier molecular flexibility index (Phi) is 4.02. The number of para-hydroxylation sites is 3. The third kappa shape index (κ3) is 2.63. The van der Waals surface area contributed by atoms with Crippen LogP contribution in [0.15, 0.2) is 109 Å². The van der Waals surface area contributed by atoms with Gasteiger partial charge in [0.1, 0.15) is 11.6 Å². The van der Waals surface area contributed by atoms with Gasteiger partial charge >= 0.3 is 0 Å². The Bertz CT molecular complexity index is 1840. The quantitative estimate of drug-likeness (QED) is 0.290. The predicted octanol–water partition coefficient (Wildman–Crippen LogP) is 7.28. The fourth-order valence-electron chi connectivity index (χ4n) is 5.15. The second-order valence-corrected chi connectivity index (χ2v) is 8.48. The van der Waals surface area contributed by atoms with E-state index in [1.807, 2.05) is 12.3 Å². The summed E-state index contributed by atoms with van der Waals surface area (Å²) in [5, 5.41) is 4.72. The Labute approximate surface area is 196 Å². The maximum absolute atomic E-state index is 5.56. The molecule has 3 heterocycles. The first-order valence-corrected chi connectivity index (χ1v) is 11.4. The van der Waals surface area contributed by atoms with Crippen molar-refractivity contribution in [1.29, 1.82) is 0 Å². The van der Waals surface area contributed by atoms with Crippen LogP contribution in [0, 0.1) is 0 Å². The molecule has 3 aromatic heterocycles. The molecule has 0 N–H and O–H groups in total. The van der Waals surface area contributed by atoms with Crippen LogP contribution in [0.2, 0.25) is 0 Å². The average Bonchev–Trinajstić information content (AvgIpc) is 3.41. The average molecular weight is 440 g/mol. The highest BCUT2D eigenvalue weighted by atomic mass is 16.5. The van der Waals surface area contributed by atoms with Crippen molar-refractivity contribution in [2.45, 2.75) is 0 Å². The fourth-order valence-corrected chi connectivity index (χ4v) is 5.15. The molecule has 0 saturated carbocycles. The van der Waals surface area contributed by atoms with E-state index in [1.54, 1.807) is 7.11 Å². The lowest BCUT2D eigenvalue weighted by Gasteiger charge is -2.10. The molecule has 0 amide bonds. The van der Waals surface area contributed by atoms with E-state index in [0.29, 0.717) is 0 Å². The molecule has 7 rings (SSSR count). The molecule has 7 aromatic rings. The van der Waals surface area contributed by atoms with Gasteiger partial charge in [0.15, 0.2) is 0 Å². The monoisotopic (exact) mass is 439 g/mol. The van der Waals surface area contributed by atoms with E-state index in [4.69, 9.17) is 9.72 Å². The van der Waals surface area contributed by atoms with Crippen molar-refractivity contribution < 1.29 is 4.74 Å². The molecule has 34 heavy (non-hydrogen) atoms. The number of hydrogen-bond donors (Lipinski definition) is 0. The maximum atomic E-state index is 5.56. The number of aromatic nitrogens is 3. The minimum Gasteiger partial charge on any atom is -0.497 e. The van der Waals surface area contributed by atoms with E-state index in [2.05, 4.69) is 106 Å². The summed E-state index contributed by atoms with van der Waals surface area (Å²) >= 11 is 0. The van der Waals surface area contributed by atoms with Crippen LogP contribution in [0.5, 0.6) is 5.75 Å². The van der Waals surface area contributed by atoms with Crippen LogP contribution in [0.3, 0.4) is 0 Å². The summed E-state index contributed by atoms with van der Waals surface area (Å²) in [6, 6.07) is 36.0. The molecule has 4 heteroatoms. The third-order valence-electron chi connectivity index (χ3n) is 6.67. The second kappa shape index (κ2) is 7.22. The summed E-state index contributed by atoms with van der Waals surface area (Å²) in [5.74, 6) is 1.71. The van der Waals surface area contributed by atoms with E-state index in [9.17, 15) is 0 Å². The van der Waals surface area contributed by atoms with Crippen molar-refractivity contribution >= 4 is 43.6 Å². The van der Waals surface area contributed by atoms with Crippen molar-refractivity contribution in [3.8, 4) is 17.3 Å². The van der Waals surface area contributed by atoms with Gasteiger partial charge in [-0.15, -0.1) is 0 Å². The smallest absolute Gasteiger partial charge is 0.139 e. The maximum Gasteiger partial charge on any atom is 0.139 e. The SMILES string of the molecule is COc1ccc2c3ccccc3n(-c3cc4c(cn3)c3ccccc3n4-c3ccccc3)c2c1. The van der Waals surface area contributed by atoms with Crippen molar-refractivity contribution in [1.82, 2.24) is 14.1 Å². The molecule has 4 aromatic carbocycles. The summed E-state index contributed by atoms with van der Waals surface area (Å²) in [6.45, 7) is 0. The Morgan fingerprint density at radius 1 is 0.559 bits per heavy atom. The second-order valence-electron chi connectivity index (χ2n) is 8.48. The molecule has 0 unspecified atom stereocenters. The van der Waals surface area contributed by atoms with Crippen LogP contribution in [0.1, 0.15) is 0 Å². The predicted molar refractivity (Wildman–Crippen MR) is 139 cm³/mol. The summed E-state index contributed by atoms with van der Waals surface area (Å²) in [7, 11) is 1.71. The van der Waals surface area contributed by atoms with Gasteiger partial charge in [-0.25, -0.2) is 4.98 Å². The number of fused-ring (bicyclic) bond motifs is 6. The topological polar surface area (TPSA) is 32.0 Å². The van der Waals surface area contributed by atoms with Crippen LogP contribution in [0.4, 0.5) is 0 Å². The van der Waals surface area contributed by atoms with Crippen molar-refractivity contribution in [2.24, 2.45) is 0 Å². The van der Waals surface area contributed by atoms with Crippen LogP contribution in [0.25, 0.3) is 55.1 Å². The van der Waals surface area contributed by atoms with Gasteiger partial charge < -0.3 is 9.30 Å². The number of nitrogens with zero attached hydrogens (tertiary/aromatic N) is 3. The van der Waals surface area contributed by atoms with Crippen LogP contribution >= 0.6 is 0 Å². The summed E-state index contributed by atoms with van der Waals surface area (Å²) in [6.07, 6.45) is 2.01. The first-order chi connectivity index (χ1) is 16.8. The normalized spacial score (nSPS) is 11.7. The molecule has 0 radical (unpaired) electrons. The molecule has 0 aliphatic carbocycles. The summed E-state index contributed by atoms with van der Waals surface area (Å²) in [5.41, 5.74) is 5.64. The molecule has 0 spiro atoms. The van der Waals surface area contributed by atoms with E-state index in [0.717, 1.165) is 39.2 Å². The molecule has 0 fully saturated rings. The highest BCUT2D eigenvalue weighted by Gasteiger charge is 2.17. The molecule has 0 atom stereocenters. The van der Waals surface area contributed by atoms with Crippen LogP contribution in [-0.2, 0) is 0 Å². The van der Waals surface area contributed by atoms with Crippen molar-refractivity contribution in [3.63, 3.8) is 0 Å². The molecule has 0 saturated heterocycles. The lowest BCUT2D eigenvalue weighted by molar-refractivity contribution is 0.415. The highest BCUT2D eigenvalue weighted by Crippen LogP contribution is 2.36.